The van der Waals surface area contributed by atoms with Crippen LogP contribution in [-0.2, 0) is 0 Å². The summed E-state index contributed by atoms with van der Waals surface area (Å²) in [7, 11) is 1.98. The van der Waals surface area contributed by atoms with Gasteiger partial charge < -0.3 is 10.6 Å². The highest BCUT2D eigenvalue weighted by atomic mass is 19.1. The zero-order valence-corrected chi connectivity index (χ0v) is 12.0. The van der Waals surface area contributed by atoms with Crippen LogP contribution in [0.4, 0.5) is 10.1 Å². The summed E-state index contributed by atoms with van der Waals surface area (Å²) in [4.78, 5) is 2.05. The minimum Gasteiger partial charge on any atom is -0.372 e. The fourth-order valence-corrected chi connectivity index (χ4v) is 2.97. The van der Waals surface area contributed by atoms with Crippen LogP contribution in [0, 0.1) is 11.7 Å². The molecule has 1 saturated carbocycles. The van der Waals surface area contributed by atoms with E-state index in [1.165, 1.54) is 32.1 Å². The van der Waals surface area contributed by atoms with Gasteiger partial charge in [-0.05, 0) is 43.4 Å². The van der Waals surface area contributed by atoms with Crippen molar-refractivity contribution < 1.29 is 4.39 Å². The third-order valence-electron chi connectivity index (χ3n) is 4.17. The second-order valence-electron chi connectivity index (χ2n) is 5.88. The highest BCUT2D eigenvalue weighted by Gasteiger charge is 2.17. The molecule has 0 saturated heterocycles. The number of anilines is 1. The fraction of sp³-hybridized carbons (Fsp3) is 0.625. The Bertz CT molecular complexity index is 411. The predicted octanol–water partition coefficient (Wildman–Crippen LogP) is 3.86. The molecule has 0 amide bonds. The van der Waals surface area contributed by atoms with Crippen molar-refractivity contribution in [2.24, 2.45) is 11.7 Å². The molecule has 1 aliphatic rings. The van der Waals surface area contributed by atoms with Crippen LogP contribution in [0.5, 0.6) is 0 Å². The molecule has 0 radical (unpaired) electrons. The molecule has 3 heteroatoms. The summed E-state index contributed by atoms with van der Waals surface area (Å²) in [6, 6.07) is 5.24. The van der Waals surface area contributed by atoms with Crippen molar-refractivity contribution in [3.8, 4) is 0 Å². The third kappa shape index (κ3) is 3.69. The Morgan fingerprint density at radius 3 is 2.58 bits per heavy atom. The van der Waals surface area contributed by atoms with Gasteiger partial charge in [0.2, 0.25) is 0 Å². The van der Waals surface area contributed by atoms with Gasteiger partial charge in [-0.25, -0.2) is 4.39 Å². The molecular weight excluding hydrogens is 239 g/mol. The van der Waals surface area contributed by atoms with Gasteiger partial charge in [0, 0.05) is 19.6 Å². The minimum atomic E-state index is -0.159. The van der Waals surface area contributed by atoms with Crippen molar-refractivity contribution >= 4 is 5.69 Å². The number of hydrogen-bond donors (Lipinski definition) is 1. The molecule has 2 nitrogen and oxygen atoms in total. The molecular formula is C16H25FN2. The van der Waals surface area contributed by atoms with Crippen molar-refractivity contribution in [1.29, 1.82) is 0 Å². The lowest BCUT2D eigenvalue weighted by Gasteiger charge is -2.28. The molecule has 1 aromatic rings. The van der Waals surface area contributed by atoms with E-state index >= 15 is 0 Å². The average Bonchev–Trinajstić information content (AvgIpc) is 2.39. The molecule has 106 valence electrons. The summed E-state index contributed by atoms with van der Waals surface area (Å²) in [5, 5.41) is 0. The monoisotopic (exact) mass is 264 g/mol. The maximum Gasteiger partial charge on any atom is 0.146 e. The Morgan fingerprint density at radius 2 is 2.00 bits per heavy atom. The smallest absolute Gasteiger partial charge is 0.146 e. The van der Waals surface area contributed by atoms with E-state index in [9.17, 15) is 4.39 Å². The maximum absolute atomic E-state index is 14.1. The van der Waals surface area contributed by atoms with Crippen molar-refractivity contribution in [1.82, 2.24) is 0 Å². The highest BCUT2D eigenvalue weighted by molar-refractivity contribution is 5.49. The van der Waals surface area contributed by atoms with E-state index in [1.54, 1.807) is 6.07 Å². The van der Waals surface area contributed by atoms with Gasteiger partial charge in [0.25, 0.3) is 0 Å². The van der Waals surface area contributed by atoms with Crippen molar-refractivity contribution in [3.05, 3.63) is 29.6 Å². The lowest BCUT2D eigenvalue weighted by atomic mass is 9.89. The van der Waals surface area contributed by atoms with E-state index in [2.05, 4.69) is 4.90 Å². The number of rotatable bonds is 4. The van der Waals surface area contributed by atoms with Crippen LogP contribution < -0.4 is 10.6 Å². The van der Waals surface area contributed by atoms with Gasteiger partial charge in [0.1, 0.15) is 5.82 Å². The van der Waals surface area contributed by atoms with E-state index < -0.39 is 0 Å². The third-order valence-corrected chi connectivity index (χ3v) is 4.17. The van der Waals surface area contributed by atoms with E-state index in [-0.39, 0.29) is 11.9 Å². The van der Waals surface area contributed by atoms with E-state index in [1.807, 2.05) is 26.1 Å². The number of halogens is 1. The SMILES string of the molecule is C[C@@H](N)c1ccc(N(C)CC2CCCCC2)c(F)c1. The van der Waals surface area contributed by atoms with E-state index in [0.717, 1.165) is 12.1 Å². The molecule has 1 fully saturated rings. The first-order valence-electron chi connectivity index (χ1n) is 7.34. The summed E-state index contributed by atoms with van der Waals surface area (Å²) >= 11 is 0. The van der Waals surface area contributed by atoms with E-state index in [4.69, 9.17) is 5.73 Å². The van der Waals surface area contributed by atoms with Crippen LogP contribution >= 0.6 is 0 Å². The zero-order chi connectivity index (χ0) is 13.8. The topological polar surface area (TPSA) is 29.3 Å². The van der Waals surface area contributed by atoms with Gasteiger partial charge in [0.15, 0.2) is 0 Å². The Balaban J connectivity index is 2.03. The number of benzene rings is 1. The fourth-order valence-electron chi connectivity index (χ4n) is 2.97. The van der Waals surface area contributed by atoms with Crippen molar-refractivity contribution in [3.63, 3.8) is 0 Å². The molecule has 0 bridgehead atoms. The largest absolute Gasteiger partial charge is 0.372 e. The number of nitrogens with zero attached hydrogens (tertiary/aromatic N) is 1. The van der Waals surface area contributed by atoms with Gasteiger partial charge in [-0.15, -0.1) is 0 Å². The average molecular weight is 264 g/mol. The van der Waals surface area contributed by atoms with Crippen LogP contribution in [0.25, 0.3) is 0 Å². The first-order chi connectivity index (χ1) is 9.08. The molecule has 2 rings (SSSR count). The summed E-state index contributed by atoms with van der Waals surface area (Å²) < 4.78 is 14.1. The summed E-state index contributed by atoms with van der Waals surface area (Å²) in [5.41, 5.74) is 7.32. The Labute approximate surface area is 115 Å². The lowest BCUT2D eigenvalue weighted by molar-refractivity contribution is 0.361. The highest BCUT2D eigenvalue weighted by Crippen LogP contribution is 2.27. The van der Waals surface area contributed by atoms with Crippen LogP contribution in [-0.4, -0.2) is 13.6 Å². The molecule has 19 heavy (non-hydrogen) atoms. The van der Waals surface area contributed by atoms with Gasteiger partial charge in [-0.3, -0.25) is 0 Å². The van der Waals surface area contributed by atoms with Crippen LogP contribution in [0.2, 0.25) is 0 Å². The van der Waals surface area contributed by atoms with Crippen LogP contribution in [0.15, 0.2) is 18.2 Å². The Hall–Kier alpha value is -1.09. The molecule has 1 aromatic carbocycles. The quantitative estimate of drug-likeness (QED) is 0.894. The second kappa shape index (κ2) is 6.38. The van der Waals surface area contributed by atoms with E-state index in [0.29, 0.717) is 11.6 Å². The van der Waals surface area contributed by atoms with Crippen molar-refractivity contribution in [2.45, 2.75) is 45.1 Å². The number of hydrogen-bond acceptors (Lipinski definition) is 2. The normalized spacial score (nSPS) is 18.3. The van der Waals surface area contributed by atoms with Gasteiger partial charge >= 0.3 is 0 Å². The molecule has 2 N–H and O–H groups in total. The first-order valence-corrected chi connectivity index (χ1v) is 7.34. The summed E-state index contributed by atoms with van der Waals surface area (Å²) in [6.07, 6.45) is 6.57. The molecule has 1 aliphatic carbocycles. The van der Waals surface area contributed by atoms with Crippen molar-refractivity contribution in [2.75, 3.05) is 18.5 Å². The molecule has 0 heterocycles. The molecule has 0 spiro atoms. The zero-order valence-electron chi connectivity index (χ0n) is 12.0. The van der Waals surface area contributed by atoms with Gasteiger partial charge in [-0.2, -0.15) is 0 Å². The summed E-state index contributed by atoms with van der Waals surface area (Å²) in [5.74, 6) is 0.555. The number of nitrogens with two attached hydrogens (primary N) is 1. The Kier molecular flexibility index (Phi) is 4.81. The molecule has 0 aromatic heterocycles. The standard InChI is InChI=1S/C16H25FN2/c1-12(18)14-8-9-16(15(17)10-14)19(2)11-13-6-4-3-5-7-13/h8-10,12-13H,3-7,11,18H2,1-2H3/t12-/m1/s1. The first kappa shape index (κ1) is 14.3. The lowest BCUT2D eigenvalue weighted by Crippen LogP contribution is -2.27. The Morgan fingerprint density at radius 1 is 1.32 bits per heavy atom. The second-order valence-corrected chi connectivity index (χ2v) is 5.88. The van der Waals surface area contributed by atoms with Crippen LogP contribution in [0.3, 0.4) is 0 Å². The maximum atomic E-state index is 14.1. The molecule has 0 aliphatic heterocycles. The minimum absolute atomic E-state index is 0.118. The van der Waals surface area contributed by atoms with Crippen LogP contribution in [0.1, 0.15) is 50.6 Å². The summed E-state index contributed by atoms with van der Waals surface area (Å²) in [6.45, 7) is 2.83. The molecule has 0 unspecified atom stereocenters. The molecule has 1 atom stereocenters. The van der Waals surface area contributed by atoms with Gasteiger partial charge in [-0.1, -0.05) is 25.3 Å². The predicted molar refractivity (Wildman–Crippen MR) is 78.8 cm³/mol. The van der Waals surface area contributed by atoms with Gasteiger partial charge in [0.05, 0.1) is 5.69 Å².